The van der Waals surface area contributed by atoms with Crippen LogP contribution < -0.4 is 0 Å². The number of hydrogen-bond acceptors (Lipinski definition) is 2. The van der Waals surface area contributed by atoms with Crippen molar-refractivity contribution in [1.82, 2.24) is 4.98 Å². The molecule has 2 nitrogen and oxygen atoms in total. The third-order valence-corrected chi connectivity index (χ3v) is 1.91. The van der Waals surface area contributed by atoms with E-state index in [2.05, 4.69) is 20.9 Å². The van der Waals surface area contributed by atoms with E-state index in [9.17, 15) is 4.79 Å². The first-order chi connectivity index (χ1) is 4.75. The Kier molecular flexibility index (Phi) is 2.17. The summed E-state index contributed by atoms with van der Waals surface area (Å²) in [6, 6.07) is 1.80. The SMILES string of the molecule is Cc1ccnc(Br)c1C=O. The van der Waals surface area contributed by atoms with Crippen LogP contribution in [-0.4, -0.2) is 11.3 Å². The summed E-state index contributed by atoms with van der Waals surface area (Å²) in [5.74, 6) is 0. The zero-order chi connectivity index (χ0) is 7.56. The highest BCUT2D eigenvalue weighted by molar-refractivity contribution is 9.10. The number of aryl methyl sites for hydroxylation is 1. The molecule has 52 valence electrons. The van der Waals surface area contributed by atoms with Crippen LogP contribution in [0.5, 0.6) is 0 Å². The molecule has 0 aromatic carbocycles. The summed E-state index contributed by atoms with van der Waals surface area (Å²) in [5, 5.41) is 0. The Hall–Kier alpha value is -0.700. The maximum absolute atomic E-state index is 10.4. The highest BCUT2D eigenvalue weighted by Crippen LogP contribution is 2.13. The van der Waals surface area contributed by atoms with Crippen LogP contribution in [0.25, 0.3) is 0 Å². The number of rotatable bonds is 1. The lowest BCUT2D eigenvalue weighted by molar-refractivity contribution is 0.112. The van der Waals surface area contributed by atoms with E-state index in [0.717, 1.165) is 11.8 Å². The van der Waals surface area contributed by atoms with Crippen LogP contribution in [-0.2, 0) is 0 Å². The van der Waals surface area contributed by atoms with Crippen LogP contribution in [0.1, 0.15) is 15.9 Å². The maximum Gasteiger partial charge on any atom is 0.153 e. The van der Waals surface area contributed by atoms with E-state index in [-0.39, 0.29) is 0 Å². The normalized spacial score (nSPS) is 9.40. The molecule has 0 atom stereocenters. The van der Waals surface area contributed by atoms with Crippen LogP contribution in [0.2, 0.25) is 0 Å². The number of hydrogen-bond donors (Lipinski definition) is 0. The molecule has 0 saturated carbocycles. The summed E-state index contributed by atoms with van der Waals surface area (Å²) in [6.45, 7) is 1.87. The quantitative estimate of drug-likeness (QED) is 0.512. The van der Waals surface area contributed by atoms with E-state index in [0.29, 0.717) is 10.2 Å². The van der Waals surface area contributed by atoms with Gasteiger partial charge in [0.1, 0.15) is 4.60 Å². The third-order valence-electron chi connectivity index (χ3n) is 1.28. The van der Waals surface area contributed by atoms with Crippen molar-refractivity contribution >= 4 is 22.2 Å². The van der Waals surface area contributed by atoms with Gasteiger partial charge in [0, 0.05) is 6.20 Å². The fourth-order valence-electron chi connectivity index (χ4n) is 0.678. The van der Waals surface area contributed by atoms with Crippen LogP contribution in [0.3, 0.4) is 0 Å². The van der Waals surface area contributed by atoms with Crippen molar-refractivity contribution in [2.45, 2.75) is 6.92 Å². The maximum atomic E-state index is 10.4. The zero-order valence-electron chi connectivity index (χ0n) is 5.47. The molecule has 0 saturated heterocycles. The zero-order valence-corrected chi connectivity index (χ0v) is 7.05. The topological polar surface area (TPSA) is 30.0 Å². The number of nitrogens with zero attached hydrogens (tertiary/aromatic N) is 1. The molecular weight excluding hydrogens is 194 g/mol. The highest BCUT2D eigenvalue weighted by Gasteiger charge is 2.00. The average Bonchev–Trinajstić information content (AvgIpc) is 1.88. The predicted molar refractivity (Wildman–Crippen MR) is 42.1 cm³/mol. The van der Waals surface area contributed by atoms with Crippen molar-refractivity contribution in [2.24, 2.45) is 0 Å². The molecule has 1 heterocycles. The van der Waals surface area contributed by atoms with E-state index in [4.69, 9.17) is 0 Å². The summed E-state index contributed by atoms with van der Waals surface area (Å²) < 4.78 is 0.613. The molecule has 0 aliphatic carbocycles. The minimum Gasteiger partial charge on any atom is -0.298 e. The molecule has 1 aromatic rings. The van der Waals surface area contributed by atoms with Crippen molar-refractivity contribution < 1.29 is 4.79 Å². The van der Waals surface area contributed by atoms with Gasteiger partial charge in [0.2, 0.25) is 0 Å². The Morgan fingerprint density at radius 3 is 2.80 bits per heavy atom. The minimum atomic E-state index is 0.613. The molecule has 3 heteroatoms. The Morgan fingerprint density at radius 2 is 2.40 bits per heavy atom. The Labute approximate surface area is 67.4 Å². The average molecular weight is 200 g/mol. The third kappa shape index (κ3) is 1.24. The van der Waals surface area contributed by atoms with Gasteiger partial charge in [-0.25, -0.2) is 4.98 Å². The van der Waals surface area contributed by atoms with Gasteiger partial charge in [0.25, 0.3) is 0 Å². The van der Waals surface area contributed by atoms with Crippen molar-refractivity contribution in [3.05, 3.63) is 28.0 Å². The Morgan fingerprint density at radius 1 is 1.70 bits per heavy atom. The van der Waals surface area contributed by atoms with Gasteiger partial charge in [-0.2, -0.15) is 0 Å². The fourth-order valence-corrected chi connectivity index (χ4v) is 1.20. The largest absolute Gasteiger partial charge is 0.298 e. The smallest absolute Gasteiger partial charge is 0.153 e. The van der Waals surface area contributed by atoms with Crippen molar-refractivity contribution in [3.63, 3.8) is 0 Å². The fraction of sp³-hybridized carbons (Fsp3) is 0.143. The molecule has 0 bridgehead atoms. The number of pyridine rings is 1. The first-order valence-corrected chi connectivity index (χ1v) is 3.61. The second-order valence-corrected chi connectivity index (χ2v) is 2.70. The van der Waals surface area contributed by atoms with Gasteiger partial charge in [-0.1, -0.05) is 0 Å². The summed E-state index contributed by atoms with van der Waals surface area (Å²) in [7, 11) is 0. The van der Waals surface area contributed by atoms with E-state index < -0.39 is 0 Å². The molecule has 1 aromatic heterocycles. The number of aldehydes is 1. The first-order valence-electron chi connectivity index (χ1n) is 2.82. The van der Waals surface area contributed by atoms with Gasteiger partial charge in [0.05, 0.1) is 5.56 Å². The number of carbonyl (C=O) groups excluding carboxylic acids is 1. The Balaban J connectivity index is 3.30. The van der Waals surface area contributed by atoms with Crippen molar-refractivity contribution in [3.8, 4) is 0 Å². The van der Waals surface area contributed by atoms with Crippen LogP contribution >= 0.6 is 15.9 Å². The molecule has 0 spiro atoms. The molecule has 0 aliphatic rings. The van der Waals surface area contributed by atoms with Gasteiger partial charge in [-0.3, -0.25) is 4.79 Å². The minimum absolute atomic E-state index is 0.613. The molecule has 0 radical (unpaired) electrons. The van der Waals surface area contributed by atoms with Gasteiger partial charge in [-0.15, -0.1) is 0 Å². The molecule has 0 fully saturated rings. The lowest BCUT2D eigenvalue weighted by atomic mass is 10.2. The van der Waals surface area contributed by atoms with E-state index >= 15 is 0 Å². The first kappa shape index (κ1) is 7.41. The van der Waals surface area contributed by atoms with Crippen LogP contribution in [0, 0.1) is 6.92 Å². The summed E-state index contributed by atoms with van der Waals surface area (Å²) in [5.41, 5.74) is 1.57. The van der Waals surface area contributed by atoms with Gasteiger partial charge >= 0.3 is 0 Å². The lowest BCUT2D eigenvalue weighted by Crippen LogP contribution is -1.89. The summed E-state index contributed by atoms with van der Waals surface area (Å²) in [6.07, 6.45) is 2.46. The van der Waals surface area contributed by atoms with Crippen LogP contribution in [0.15, 0.2) is 16.9 Å². The number of halogens is 1. The molecule has 0 amide bonds. The van der Waals surface area contributed by atoms with Gasteiger partial charge in [0.15, 0.2) is 6.29 Å². The number of carbonyl (C=O) groups is 1. The molecular formula is C7H6BrNO. The van der Waals surface area contributed by atoms with E-state index in [1.807, 2.05) is 6.92 Å². The van der Waals surface area contributed by atoms with E-state index in [1.165, 1.54) is 0 Å². The predicted octanol–water partition coefficient (Wildman–Crippen LogP) is 1.97. The second kappa shape index (κ2) is 2.92. The monoisotopic (exact) mass is 199 g/mol. The van der Waals surface area contributed by atoms with Crippen molar-refractivity contribution in [2.75, 3.05) is 0 Å². The highest BCUT2D eigenvalue weighted by atomic mass is 79.9. The van der Waals surface area contributed by atoms with Gasteiger partial charge < -0.3 is 0 Å². The van der Waals surface area contributed by atoms with Crippen molar-refractivity contribution in [1.29, 1.82) is 0 Å². The van der Waals surface area contributed by atoms with Crippen LogP contribution in [0.4, 0.5) is 0 Å². The summed E-state index contributed by atoms with van der Waals surface area (Å²) in [4.78, 5) is 14.3. The van der Waals surface area contributed by atoms with E-state index in [1.54, 1.807) is 12.3 Å². The lowest BCUT2D eigenvalue weighted by Gasteiger charge is -1.97. The molecule has 0 N–H and O–H groups in total. The molecule has 0 aliphatic heterocycles. The second-order valence-electron chi connectivity index (χ2n) is 1.95. The Bertz CT molecular complexity index is 240. The molecule has 10 heavy (non-hydrogen) atoms. The summed E-state index contributed by atoms with van der Waals surface area (Å²) >= 11 is 3.16. The standard InChI is InChI=1S/C7H6BrNO/c1-5-2-3-9-7(8)6(5)4-10/h2-4H,1H3. The molecule has 1 rings (SSSR count). The van der Waals surface area contributed by atoms with Gasteiger partial charge in [-0.05, 0) is 34.5 Å². The molecule has 0 unspecified atom stereocenters. The number of aromatic nitrogens is 1.